The van der Waals surface area contributed by atoms with Gasteiger partial charge in [-0.25, -0.2) is 4.79 Å². The van der Waals surface area contributed by atoms with Gasteiger partial charge in [-0.05, 0) is 12.1 Å². The molecule has 0 N–H and O–H groups in total. The molecule has 0 aliphatic rings. The summed E-state index contributed by atoms with van der Waals surface area (Å²) in [5, 5.41) is 3.86. The van der Waals surface area contributed by atoms with Crippen LogP contribution >= 0.6 is 0 Å². The van der Waals surface area contributed by atoms with Crippen LogP contribution in [-0.2, 0) is 4.84 Å². The lowest BCUT2D eigenvalue weighted by molar-refractivity contribution is 0.0516. The highest BCUT2D eigenvalue weighted by molar-refractivity contribution is 6.51. The fourth-order valence-corrected chi connectivity index (χ4v) is 2.26. The Hall–Kier alpha value is -3.53. The van der Waals surface area contributed by atoms with Crippen molar-refractivity contribution in [3.63, 3.8) is 0 Å². The van der Waals surface area contributed by atoms with E-state index in [9.17, 15) is 9.59 Å². The number of benzene rings is 3. The lowest BCUT2D eigenvalue weighted by Gasteiger charge is -2.06. The van der Waals surface area contributed by atoms with Crippen LogP contribution in [0.25, 0.3) is 0 Å². The minimum absolute atomic E-state index is 0.0797. The van der Waals surface area contributed by atoms with E-state index < -0.39 is 5.97 Å². The lowest BCUT2D eigenvalue weighted by Crippen LogP contribution is -2.17. The summed E-state index contributed by atoms with van der Waals surface area (Å²) >= 11 is 0. The van der Waals surface area contributed by atoms with Gasteiger partial charge in [0.2, 0.25) is 5.78 Å². The second-order valence-corrected chi connectivity index (χ2v) is 5.25. The molecule has 0 atom stereocenters. The summed E-state index contributed by atoms with van der Waals surface area (Å²) < 4.78 is 0. The van der Waals surface area contributed by atoms with Crippen molar-refractivity contribution in [1.82, 2.24) is 0 Å². The predicted octanol–water partition coefficient (Wildman–Crippen LogP) is 4.13. The fourth-order valence-electron chi connectivity index (χ4n) is 2.26. The van der Waals surface area contributed by atoms with Crippen molar-refractivity contribution in [3.8, 4) is 0 Å². The molecule has 25 heavy (non-hydrogen) atoms. The molecular weight excluding hydrogens is 314 g/mol. The van der Waals surface area contributed by atoms with Crippen molar-refractivity contribution in [1.29, 1.82) is 0 Å². The van der Waals surface area contributed by atoms with E-state index in [1.807, 2.05) is 12.1 Å². The average molecular weight is 329 g/mol. The van der Waals surface area contributed by atoms with E-state index in [0.29, 0.717) is 16.7 Å². The molecule has 3 rings (SSSR count). The maximum Gasteiger partial charge on any atom is 0.365 e. The van der Waals surface area contributed by atoms with E-state index in [0.717, 1.165) is 0 Å². The zero-order valence-corrected chi connectivity index (χ0v) is 13.3. The molecule has 0 unspecified atom stereocenters. The van der Waals surface area contributed by atoms with Gasteiger partial charge in [-0.2, -0.15) is 0 Å². The SMILES string of the molecule is O=C(ON=C(C(=O)c1ccccc1)c1ccccc1)c1ccccc1. The third-order valence-corrected chi connectivity index (χ3v) is 3.53. The van der Waals surface area contributed by atoms with Crippen molar-refractivity contribution in [2.75, 3.05) is 0 Å². The molecule has 0 aromatic heterocycles. The standard InChI is InChI=1S/C21H15NO3/c23-20(17-12-6-2-7-13-17)19(16-10-4-1-5-11-16)22-25-21(24)18-14-8-3-9-15-18/h1-15H. The molecule has 0 spiro atoms. The Morgan fingerprint density at radius 1 is 0.600 bits per heavy atom. The number of ketones is 1. The first-order chi connectivity index (χ1) is 12.3. The molecule has 0 amide bonds. The fraction of sp³-hybridized carbons (Fsp3) is 0. The van der Waals surface area contributed by atoms with E-state index in [2.05, 4.69) is 5.16 Å². The summed E-state index contributed by atoms with van der Waals surface area (Å²) in [7, 11) is 0. The molecule has 4 nitrogen and oxygen atoms in total. The van der Waals surface area contributed by atoms with Crippen molar-refractivity contribution in [2.24, 2.45) is 5.16 Å². The van der Waals surface area contributed by atoms with Crippen molar-refractivity contribution in [3.05, 3.63) is 108 Å². The van der Waals surface area contributed by atoms with Gasteiger partial charge in [0.15, 0.2) is 5.71 Å². The molecule has 122 valence electrons. The van der Waals surface area contributed by atoms with Gasteiger partial charge in [0.25, 0.3) is 0 Å². The molecule has 4 heteroatoms. The third-order valence-electron chi connectivity index (χ3n) is 3.53. The first kappa shape index (κ1) is 16.3. The topological polar surface area (TPSA) is 55.7 Å². The molecule has 3 aromatic rings. The van der Waals surface area contributed by atoms with Gasteiger partial charge in [-0.3, -0.25) is 4.79 Å². The Balaban J connectivity index is 1.92. The molecule has 0 aliphatic carbocycles. The second kappa shape index (κ2) is 7.84. The highest BCUT2D eigenvalue weighted by atomic mass is 16.7. The van der Waals surface area contributed by atoms with Crippen molar-refractivity contribution >= 4 is 17.5 Å². The maximum atomic E-state index is 12.8. The minimum Gasteiger partial charge on any atom is -0.312 e. The zero-order valence-electron chi connectivity index (χ0n) is 13.3. The Kier molecular flexibility index (Phi) is 5.12. The van der Waals surface area contributed by atoms with Crippen LogP contribution < -0.4 is 0 Å². The number of carbonyl (C=O) groups is 2. The van der Waals surface area contributed by atoms with Crippen LogP contribution in [-0.4, -0.2) is 17.5 Å². The molecule has 0 saturated heterocycles. The van der Waals surface area contributed by atoms with Crippen molar-refractivity contribution < 1.29 is 14.4 Å². The van der Waals surface area contributed by atoms with Crippen LogP contribution in [0, 0.1) is 0 Å². The van der Waals surface area contributed by atoms with Crippen LogP contribution in [0.4, 0.5) is 0 Å². The summed E-state index contributed by atoms with van der Waals surface area (Å²) in [5.41, 5.74) is 1.50. The van der Waals surface area contributed by atoms with Crippen LogP contribution in [0.5, 0.6) is 0 Å². The van der Waals surface area contributed by atoms with E-state index >= 15 is 0 Å². The Bertz CT molecular complexity index is 888. The highest BCUT2D eigenvalue weighted by Crippen LogP contribution is 2.10. The number of hydrogen-bond donors (Lipinski definition) is 0. The molecular formula is C21H15NO3. The van der Waals surface area contributed by atoms with Gasteiger partial charge in [0.1, 0.15) is 0 Å². The van der Waals surface area contributed by atoms with Gasteiger partial charge < -0.3 is 4.84 Å². The van der Waals surface area contributed by atoms with Gasteiger partial charge in [0, 0.05) is 11.1 Å². The average Bonchev–Trinajstić information content (AvgIpc) is 2.70. The van der Waals surface area contributed by atoms with Crippen molar-refractivity contribution in [2.45, 2.75) is 0 Å². The molecule has 0 saturated carbocycles. The number of rotatable bonds is 5. The van der Waals surface area contributed by atoms with Gasteiger partial charge in [-0.1, -0.05) is 84.0 Å². The Morgan fingerprint density at radius 2 is 1.04 bits per heavy atom. The first-order valence-corrected chi connectivity index (χ1v) is 7.75. The summed E-state index contributed by atoms with van der Waals surface area (Å²) in [4.78, 5) is 29.9. The molecule has 0 fully saturated rings. The number of hydrogen-bond acceptors (Lipinski definition) is 4. The summed E-state index contributed by atoms with van der Waals surface area (Å²) in [6.45, 7) is 0. The van der Waals surface area contributed by atoms with Crippen LogP contribution in [0.2, 0.25) is 0 Å². The first-order valence-electron chi connectivity index (χ1n) is 7.75. The molecule has 3 aromatic carbocycles. The predicted molar refractivity (Wildman–Crippen MR) is 95.6 cm³/mol. The van der Waals surface area contributed by atoms with Crippen LogP contribution in [0.15, 0.2) is 96.2 Å². The maximum absolute atomic E-state index is 12.8. The molecule has 0 aliphatic heterocycles. The van der Waals surface area contributed by atoms with E-state index in [-0.39, 0.29) is 11.5 Å². The zero-order chi connectivity index (χ0) is 17.5. The Labute approximate surface area is 145 Å². The molecule has 0 heterocycles. The number of carbonyl (C=O) groups excluding carboxylic acids is 2. The highest BCUT2D eigenvalue weighted by Gasteiger charge is 2.18. The molecule has 0 radical (unpaired) electrons. The third kappa shape index (κ3) is 4.06. The number of oxime groups is 1. The lowest BCUT2D eigenvalue weighted by atomic mass is 10.0. The summed E-state index contributed by atoms with van der Waals surface area (Å²) in [5.74, 6) is -0.928. The normalized spacial score (nSPS) is 11.0. The van der Waals surface area contributed by atoms with Crippen LogP contribution in [0.3, 0.4) is 0 Å². The largest absolute Gasteiger partial charge is 0.365 e. The quantitative estimate of drug-likeness (QED) is 0.306. The Morgan fingerprint density at radius 3 is 1.56 bits per heavy atom. The van der Waals surface area contributed by atoms with Gasteiger partial charge >= 0.3 is 5.97 Å². The van der Waals surface area contributed by atoms with Gasteiger partial charge in [-0.15, -0.1) is 0 Å². The number of Topliss-reactive ketones (excluding diaryl/α,β-unsaturated/α-hetero) is 1. The van der Waals surface area contributed by atoms with Gasteiger partial charge in [0.05, 0.1) is 5.56 Å². The van der Waals surface area contributed by atoms with Crippen LogP contribution in [0.1, 0.15) is 26.3 Å². The monoisotopic (exact) mass is 329 g/mol. The smallest absolute Gasteiger partial charge is 0.312 e. The second-order valence-electron chi connectivity index (χ2n) is 5.25. The van der Waals surface area contributed by atoms with E-state index in [1.54, 1.807) is 78.9 Å². The number of nitrogens with zero attached hydrogens (tertiary/aromatic N) is 1. The molecule has 0 bridgehead atoms. The summed E-state index contributed by atoms with van der Waals surface area (Å²) in [6, 6.07) is 26.2. The van der Waals surface area contributed by atoms with E-state index in [4.69, 9.17) is 4.84 Å². The summed E-state index contributed by atoms with van der Waals surface area (Å²) in [6.07, 6.45) is 0. The van der Waals surface area contributed by atoms with E-state index in [1.165, 1.54) is 0 Å². The minimum atomic E-state index is -0.616.